The Balaban J connectivity index is 1.88. The van der Waals surface area contributed by atoms with Gasteiger partial charge in [0, 0.05) is 20.6 Å². The molecular formula is C18H21N5O3S. The molecule has 0 bridgehead atoms. The van der Waals surface area contributed by atoms with Gasteiger partial charge in [0.25, 0.3) is 11.5 Å². The molecule has 142 valence electrons. The number of carbonyl (C=O) groups is 1. The van der Waals surface area contributed by atoms with Crippen LogP contribution in [0.3, 0.4) is 0 Å². The summed E-state index contributed by atoms with van der Waals surface area (Å²) in [6, 6.07) is 5.10. The van der Waals surface area contributed by atoms with Crippen LogP contribution in [0, 0.1) is 0 Å². The van der Waals surface area contributed by atoms with E-state index in [2.05, 4.69) is 15.7 Å². The van der Waals surface area contributed by atoms with E-state index in [1.165, 1.54) is 30.8 Å². The average molecular weight is 387 g/mol. The molecule has 27 heavy (non-hydrogen) atoms. The van der Waals surface area contributed by atoms with Crippen molar-refractivity contribution in [3.63, 3.8) is 0 Å². The number of pyridine rings is 1. The number of nitrogens with one attached hydrogen (secondary N) is 1. The molecule has 0 saturated heterocycles. The Hall–Kier alpha value is -2.78. The second kappa shape index (κ2) is 7.45. The second-order valence-electron chi connectivity index (χ2n) is 6.52. The maximum absolute atomic E-state index is 12.6. The highest BCUT2D eigenvalue weighted by Gasteiger charge is 2.18. The summed E-state index contributed by atoms with van der Waals surface area (Å²) in [4.78, 5) is 43.1. The van der Waals surface area contributed by atoms with Gasteiger partial charge in [-0.3, -0.25) is 18.7 Å². The highest BCUT2D eigenvalue weighted by molar-refractivity contribution is 7.07. The predicted octanol–water partition coefficient (Wildman–Crippen LogP) is 0.726. The molecule has 0 spiro atoms. The number of fused-ring (bicyclic) bond motifs is 1. The number of hydrogen-bond donors (Lipinski definition) is 1. The van der Waals surface area contributed by atoms with Gasteiger partial charge >= 0.3 is 5.69 Å². The highest BCUT2D eigenvalue weighted by atomic mass is 32.1. The SMILES string of the molecule is CN(C)[C@@H](CNC(=O)c1ccc2c(=O)n(C)c(=O)n(C)c2n1)c1ccsc1. The van der Waals surface area contributed by atoms with Crippen molar-refractivity contribution in [2.75, 3.05) is 20.6 Å². The normalized spacial score (nSPS) is 12.5. The molecule has 0 aliphatic carbocycles. The molecule has 3 heterocycles. The van der Waals surface area contributed by atoms with Crippen LogP contribution in [0.5, 0.6) is 0 Å². The van der Waals surface area contributed by atoms with Gasteiger partial charge in [0.15, 0.2) is 0 Å². The number of thiophene rings is 1. The summed E-state index contributed by atoms with van der Waals surface area (Å²) in [6.07, 6.45) is 0. The molecule has 0 fully saturated rings. The van der Waals surface area contributed by atoms with Gasteiger partial charge in [0.1, 0.15) is 11.3 Å². The molecule has 9 heteroatoms. The van der Waals surface area contributed by atoms with Crippen LogP contribution >= 0.6 is 11.3 Å². The Morgan fingerprint density at radius 3 is 2.59 bits per heavy atom. The first-order valence-electron chi connectivity index (χ1n) is 8.34. The Morgan fingerprint density at radius 2 is 1.96 bits per heavy atom. The molecule has 1 amide bonds. The summed E-state index contributed by atoms with van der Waals surface area (Å²) in [5, 5.41) is 7.23. The van der Waals surface area contributed by atoms with Gasteiger partial charge in [0.2, 0.25) is 0 Å². The number of likely N-dealkylation sites (N-methyl/N-ethyl adjacent to an activating group) is 1. The van der Waals surface area contributed by atoms with Crippen molar-refractivity contribution in [3.05, 3.63) is 61.1 Å². The highest BCUT2D eigenvalue weighted by Crippen LogP contribution is 2.20. The fourth-order valence-corrected chi connectivity index (χ4v) is 3.63. The van der Waals surface area contributed by atoms with Crippen LogP contribution < -0.4 is 16.6 Å². The zero-order valence-corrected chi connectivity index (χ0v) is 16.4. The monoisotopic (exact) mass is 387 g/mol. The summed E-state index contributed by atoms with van der Waals surface area (Å²) in [6.45, 7) is 0.414. The lowest BCUT2D eigenvalue weighted by Gasteiger charge is -2.23. The summed E-state index contributed by atoms with van der Waals surface area (Å²) in [5.41, 5.74) is 0.564. The number of amides is 1. The molecule has 0 aliphatic heterocycles. The fourth-order valence-electron chi connectivity index (χ4n) is 2.92. The van der Waals surface area contributed by atoms with Crippen LogP contribution in [-0.4, -0.2) is 45.6 Å². The number of hydrogen-bond acceptors (Lipinski definition) is 6. The quantitative estimate of drug-likeness (QED) is 0.697. The number of carbonyl (C=O) groups excluding carboxylic acids is 1. The van der Waals surface area contributed by atoms with Gasteiger partial charge in [0.05, 0.1) is 11.4 Å². The van der Waals surface area contributed by atoms with Gasteiger partial charge < -0.3 is 10.2 Å². The van der Waals surface area contributed by atoms with Crippen LogP contribution in [0.15, 0.2) is 38.5 Å². The number of nitrogens with zero attached hydrogens (tertiary/aromatic N) is 4. The lowest BCUT2D eigenvalue weighted by atomic mass is 10.1. The number of aryl methyl sites for hydroxylation is 1. The van der Waals surface area contributed by atoms with E-state index in [-0.39, 0.29) is 23.3 Å². The van der Waals surface area contributed by atoms with Crippen molar-refractivity contribution < 1.29 is 4.79 Å². The van der Waals surface area contributed by atoms with Crippen LogP contribution in [-0.2, 0) is 14.1 Å². The first kappa shape index (κ1) is 19.0. The van der Waals surface area contributed by atoms with Crippen LogP contribution in [0.2, 0.25) is 0 Å². The molecule has 0 saturated carbocycles. The van der Waals surface area contributed by atoms with Gasteiger partial charge in [-0.2, -0.15) is 11.3 Å². The van der Waals surface area contributed by atoms with E-state index in [1.54, 1.807) is 11.3 Å². The van der Waals surface area contributed by atoms with E-state index in [9.17, 15) is 14.4 Å². The zero-order valence-electron chi connectivity index (χ0n) is 15.6. The van der Waals surface area contributed by atoms with E-state index < -0.39 is 11.2 Å². The third kappa shape index (κ3) is 3.56. The first-order valence-corrected chi connectivity index (χ1v) is 9.29. The zero-order chi connectivity index (χ0) is 19.7. The van der Waals surface area contributed by atoms with Crippen molar-refractivity contribution in [3.8, 4) is 0 Å². The minimum atomic E-state index is -0.484. The Morgan fingerprint density at radius 1 is 1.22 bits per heavy atom. The van der Waals surface area contributed by atoms with Gasteiger partial charge in [-0.1, -0.05) is 0 Å². The van der Waals surface area contributed by atoms with Gasteiger partial charge in [-0.25, -0.2) is 9.78 Å². The Bertz CT molecular complexity index is 1100. The predicted molar refractivity (Wildman–Crippen MR) is 105 cm³/mol. The van der Waals surface area contributed by atoms with E-state index in [0.29, 0.717) is 11.9 Å². The lowest BCUT2D eigenvalue weighted by Crippen LogP contribution is -2.38. The fraction of sp³-hybridized carbons (Fsp3) is 0.333. The summed E-state index contributed by atoms with van der Waals surface area (Å²) in [7, 11) is 6.84. The minimum Gasteiger partial charge on any atom is -0.349 e. The summed E-state index contributed by atoms with van der Waals surface area (Å²) in [5.74, 6) is -0.355. The second-order valence-corrected chi connectivity index (χ2v) is 7.30. The smallest absolute Gasteiger partial charge is 0.332 e. The van der Waals surface area contributed by atoms with E-state index in [4.69, 9.17) is 0 Å². The molecule has 0 radical (unpaired) electrons. The Kier molecular flexibility index (Phi) is 5.24. The van der Waals surface area contributed by atoms with E-state index in [1.807, 2.05) is 30.4 Å². The third-order valence-electron chi connectivity index (χ3n) is 4.54. The molecule has 0 unspecified atom stereocenters. The Labute approximate surface area is 159 Å². The van der Waals surface area contributed by atoms with Gasteiger partial charge in [-0.15, -0.1) is 0 Å². The molecule has 1 atom stereocenters. The first-order chi connectivity index (χ1) is 12.8. The minimum absolute atomic E-state index is 0.0392. The van der Waals surface area contributed by atoms with Crippen LogP contribution in [0.4, 0.5) is 0 Å². The van der Waals surface area contributed by atoms with Crippen molar-refractivity contribution in [2.24, 2.45) is 14.1 Å². The molecule has 3 aromatic rings. The molecule has 0 aromatic carbocycles. The maximum Gasteiger partial charge on any atom is 0.332 e. The summed E-state index contributed by atoms with van der Waals surface area (Å²) >= 11 is 1.61. The lowest BCUT2D eigenvalue weighted by molar-refractivity contribution is 0.0937. The standard InChI is InChI=1S/C18H21N5O3S/c1-21(2)14(11-7-8-27-10-11)9-19-16(24)13-6-5-12-15(20-13)22(3)18(26)23(4)17(12)25/h5-8,10,14H,9H2,1-4H3,(H,19,24)/t14-/m0/s1. The molecule has 3 aromatic heterocycles. The number of rotatable bonds is 5. The van der Waals surface area contributed by atoms with Crippen molar-refractivity contribution in [1.29, 1.82) is 0 Å². The molecule has 0 aliphatic rings. The van der Waals surface area contributed by atoms with Crippen molar-refractivity contribution >= 4 is 28.3 Å². The van der Waals surface area contributed by atoms with Crippen LogP contribution in [0.25, 0.3) is 11.0 Å². The largest absolute Gasteiger partial charge is 0.349 e. The van der Waals surface area contributed by atoms with Crippen molar-refractivity contribution in [1.82, 2.24) is 24.3 Å². The average Bonchev–Trinajstić information content (AvgIpc) is 3.18. The molecule has 8 nitrogen and oxygen atoms in total. The molecule has 3 rings (SSSR count). The number of aromatic nitrogens is 3. The third-order valence-corrected chi connectivity index (χ3v) is 5.24. The van der Waals surface area contributed by atoms with E-state index >= 15 is 0 Å². The molecule has 1 N–H and O–H groups in total. The van der Waals surface area contributed by atoms with E-state index in [0.717, 1.165) is 10.1 Å². The van der Waals surface area contributed by atoms with Crippen molar-refractivity contribution in [2.45, 2.75) is 6.04 Å². The topological polar surface area (TPSA) is 89.2 Å². The van der Waals surface area contributed by atoms with Gasteiger partial charge in [-0.05, 0) is 48.6 Å². The summed E-state index contributed by atoms with van der Waals surface area (Å²) < 4.78 is 2.29. The van der Waals surface area contributed by atoms with Crippen LogP contribution in [0.1, 0.15) is 22.1 Å². The maximum atomic E-state index is 12.6. The molecular weight excluding hydrogens is 366 g/mol.